The van der Waals surface area contributed by atoms with E-state index < -0.39 is 0 Å². The highest BCUT2D eigenvalue weighted by molar-refractivity contribution is 5.79. The summed E-state index contributed by atoms with van der Waals surface area (Å²) >= 11 is 0. The van der Waals surface area contributed by atoms with Gasteiger partial charge in [0.05, 0.1) is 18.8 Å². The van der Waals surface area contributed by atoms with Crippen LogP contribution in [0.4, 0.5) is 0 Å². The quantitative estimate of drug-likeness (QED) is 0.686. The fraction of sp³-hybridized carbons (Fsp3) is 0.889. The average molecular weight is 171 g/mol. The first kappa shape index (κ1) is 9.52. The Morgan fingerprint density at radius 3 is 2.58 bits per heavy atom. The molecule has 0 radical (unpaired) electrons. The highest BCUT2D eigenvalue weighted by atomic mass is 16.5. The maximum Gasteiger partial charge on any atom is 0.223 e. The zero-order valence-electron chi connectivity index (χ0n) is 8.02. The molecule has 3 heteroatoms. The highest BCUT2D eigenvalue weighted by Gasteiger charge is 2.35. The van der Waals surface area contributed by atoms with E-state index in [1.54, 1.807) is 0 Å². The Balaban J connectivity index is 2.35. The zero-order valence-corrected chi connectivity index (χ0v) is 8.02. The smallest absolute Gasteiger partial charge is 0.223 e. The van der Waals surface area contributed by atoms with Gasteiger partial charge in [0.1, 0.15) is 0 Å². The van der Waals surface area contributed by atoms with Gasteiger partial charge in [-0.25, -0.2) is 0 Å². The summed E-state index contributed by atoms with van der Waals surface area (Å²) < 4.78 is 5.04. The molecule has 1 saturated heterocycles. The largest absolute Gasteiger partial charge is 0.376 e. The first-order chi connectivity index (χ1) is 5.57. The predicted octanol–water partition coefficient (Wildman–Crippen LogP) is 0.938. The van der Waals surface area contributed by atoms with Crippen LogP contribution in [0.3, 0.4) is 0 Å². The summed E-state index contributed by atoms with van der Waals surface area (Å²) in [4.78, 5) is 11.4. The summed E-state index contributed by atoms with van der Waals surface area (Å²) in [5, 5.41) is 2.98. The van der Waals surface area contributed by atoms with Gasteiger partial charge in [-0.2, -0.15) is 0 Å². The van der Waals surface area contributed by atoms with E-state index in [1.165, 1.54) is 0 Å². The molecule has 0 aromatic carbocycles. The van der Waals surface area contributed by atoms with Gasteiger partial charge in [-0.15, -0.1) is 0 Å². The van der Waals surface area contributed by atoms with Gasteiger partial charge in [0.25, 0.3) is 0 Å². The normalized spacial score (nSPS) is 22.6. The number of nitrogens with one attached hydrogen (secondary N) is 1. The third-order valence-electron chi connectivity index (χ3n) is 2.33. The van der Waals surface area contributed by atoms with Gasteiger partial charge in [-0.1, -0.05) is 13.8 Å². The summed E-state index contributed by atoms with van der Waals surface area (Å²) in [5.74, 6) is 0.255. The molecule has 1 aliphatic rings. The molecule has 1 heterocycles. The van der Waals surface area contributed by atoms with E-state index in [4.69, 9.17) is 4.74 Å². The van der Waals surface area contributed by atoms with E-state index in [9.17, 15) is 4.79 Å². The number of hydrogen-bond acceptors (Lipinski definition) is 2. The molecule has 0 bridgehead atoms. The first-order valence-corrected chi connectivity index (χ1v) is 4.47. The summed E-state index contributed by atoms with van der Waals surface area (Å²) in [7, 11) is 0. The molecule has 1 atom stereocenters. The van der Waals surface area contributed by atoms with E-state index >= 15 is 0 Å². The molecule has 0 aromatic rings. The maximum absolute atomic E-state index is 11.4. The van der Waals surface area contributed by atoms with Gasteiger partial charge >= 0.3 is 0 Å². The van der Waals surface area contributed by atoms with Crippen molar-refractivity contribution in [2.45, 2.75) is 32.7 Å². The van der Waals surface area contributed by atoms with Crippen LogP contribution in [0.2, 0.25) is 0 Å². The number of rotatable bonds is 3. The molecule has 3 nitrogen and oxygen atoms in total. The van der Waals surface area contributed by atoms with Crippen molar-refractivity contribution in [2.24, 2.45) is 5.92 Å². The molecule has 70 valence electrons. The Labute approximate surface area is 73.5 Å². The van der Waals surface area contributed by atoms with Gasteiger partial charge < -0.3 is 10.1 Å². The second-order valence-electron chi connectivity index (χ2n) is 3.85. The molecule has 1 N–H and O–H groups in total. The number of hydrogen-bond donors (Lipinski definition) is 1. The van der Waals surface area contributed by atoms with Crippen molar-refractivity contribution in [2.75, 3.05) is 13.2 Å². The van der Waals surface area contributed by atoms with E-state index in [0.717, 1.165) is 6.42 Å². The third-order valence-corrected chi connectivity index (χ3v) is 2.33. The standard InChI is InChI=1S/C9H17NO2/c1-4-7(2)8(11)10-9(3)5-12-6-9/h7H,4-6H2,1-3H3,(H,10,11). The van der Waals surface area contributed by atoms with E-state index in [0.29, 0.717) is 13.2 Å². The van der Waals surface area contributed by atoms with Gasteiger partial charge in [0.2, 0.25) is 5.91 Å². The Morgan fingerprint density at radius 2 is 2.25 bits per heavy atom. The predicted molar refractivity (Wildman–Crippen MR) is 46.8 cm³/mol. The monoisotopic (exact) mass is 171 g/mol. The summed E-state index contributed by atoms with van der Waals surface area (Å²) in [5.41, 5.74) is -0.0967. The molecule has 1 aliphatic heterocycles. The molecule has 0 aliphatic carbocycles. The van der Waals surface area contributed by atoms with Crippen LogP contribution < -0.4 is 5.32 Å². The summed E-state index contributed by atoms with van der Waals surface area (Å²) in [6.45, 7) is 7.27. The van der Waals surface area contributed by atoms with Crippen molar-refractivity contribution in [3.8, 4) is 0 Å². The lowest BCUT2D eigenvalue weighted by atomic mass is 9.98. The topological polar surface area (TPSA) is 38.3 Å². The van der Waals surface area contributed by atoms with Gasteiger partial charge in [-0.05, 0) is 13.3 Å². The molecule has 1 rings (SSSR count). The molecule has 0 spiro atoms. The third kappa shape index (κ3) is 1.97. The van der Waals surface area contributed by atoms with Crippen molar-refractivity contribution in [3.05, 3.63) is 0 Å². The van der Waals surface area contributed by atoms with Crippen LogP contribution in [-0.4, -0.2) is 24.7 Å². The SMILES string of the molecule is CCC(C)C(=O)NC1(C)COC1. The van der Waals surface area contributed by atoms with Gasteiger partial charge in [0, 0.05) is 5.92 Å². The molecule has 0 aromatic heterocycles. The van der Waals surface area contributed by atoms with Crippen LogP contribution in [0.25, 0.3) is 0 Å². The molecule has 0 saturated carbocycles. The minimum absolute atomic E-state index is 0.0967. The van der Waals surface area contributed by atoms with E-state index in [-0.39, 0.29) is 17.4 Å². The average Bonchev–Trinajstić information content (AvgIpc) is 2.00. The van der Waals surface area contributed by atoms with Crippen molar-refractivity contribution >= 4 is 5.91 Å². The molecule has 1 unspecified atom stereocenters. The minimum Gasteiger partial charge on any atom is -0.376 e. The lowest BCUT2D eigenvalue weighted by molar-refractivity contribution is -0.134. The van der Waals surface area contributed by atoms with Crippen LogP contribution in [0.1, 0.15) is 27.2 Å². The van der Waals surface area contributed by atoms with Gasteiger partial charge in [0.15, 0.2) is 0 Å². The molecular weight excluding hydrogens is 154 g/mol. The number of ether oxygens (including phenoxy) is 1. The molecule has 1 fully saturated rings. The zero-order chi connectivity index (χ0) is 9.19. The van der Waals surface area contributed by atoms with E-state index in [2.05, 4.69) is 5.32 Å². The second-order valence-corrected chi connectivity index (χ2v) is 3.85. The van der Waals surface area contributed by atoms with Crippen molar-refractivity contribution < 1.29 is 9.53 Å². The fourth-order valence-electron chi connectivity index (χ4n) is 1.09. The lowest BCUT2D eigenvalue weighted by Crippen LogP contribution is -2.60. The Kier molecular flexibility index (Phi) is 2.73. The van der Waals surface area contributed by atoms with E-state index in [1.807, 2.05) is 20.8 Å². The van der Waals surface area contributed by atoms with Crippen LogP contribution in [0, 0.1) is 5.92 Å². The van der Waals surface area contributed by atoms with Crippen LogP contribution in [-0.2, 0) is 9.53 Å². The Bertz CT molecular complexity index is 175. The lowest BCUT2D eigenvalue weighted by Gasteiger charge is -2.39. The molecule has 1 amide bonds. The summed E-state index contributed by atoms with van der Waals surface area (Å²) in [6.07, 6.45) is 0.892. The Morgan fingerprint density at radius 1 is 1.67 bits per heavy atom. The van der Waals surface area contributed by atoms with Gasteiger partial charge in [-0.3, -0.25) is 4.79 Å². The summed E-state index contributed by atoms with van der Waals surface area (Å²) in [6, 6.07) is 0. The van der Waals surface area contributed by atoms with Crippen LogP contribution in [0.5, 0.6) is 0 Å². The highest BCUT2D eigenvalue weighted by Crippen LogP contribution is 2.16. The maximum atomic E-state index is 11.4. The van der Waals surface area contributed by atoms with Crippen molar-refractivity contribution in [1.82, 2.24) is 5.32 Å². The number of carbonyl (C=O) groups excluding carboxylic acids is 1. The van der Waals surface area contributed by atoms with Crippen molar-refractivity contribution in [3.63, 3.8) is 0 Å². The molecular formula is C9H17NO2. The van der Waals surface area contributed by atoms with Crippen molar-refractivity contribution in [1.29, 1.82) is 0 Å². The number of carbonyl (C=O) groups is 1. The van der Waals surface area contributed by atoms with Crippen LogP contribution in [0.15, 0.2) is 0 Å². The number of amides is 1. The Hall–Kier alpha value is -0.570. The second kappa shape index (κ2) is 3.44. The fourth-order valence-corrected chi connectivity index (χ4v) is 1.09. The molecule has 12 heavy (non-hydrogen) atoms. The minimum atomic E-state index is -0.0967. The van der Waals surface area contributed by atoms with Crippen LogP contribution >= 0.6 is 0 Å². The first-order valence-electron chi connectivity index (χ1n) is 4.47.